The van der Waals surface area contributed by atoms with Gasteiger partial charge >= 0.3 is 6.03 Å². The number of urea groups is 1. The van der Waals surface area contributed by atoms with Gasteiger partial charge in [0.15, 0.2) is 0 Å². The number of benzene rings is 1. The van der Waals surface area contributed by atoms with E-state index in [0.717, 1.165) is 17.7 Å². The third-order valence-electron chi connectivity index (χ3n) is 7.34. The van der Waals surface area contributed by atoms with Gasteiger partial charge in [0.1, 0.15) is 17.9 Å². The van der Waals surface area contributed by atoms with Gasteiger partial charge in [0.05, 0.1) is 17.4 Å². The number of imide groups is 1. The standard InChI is InChI=1S/C25H33N5O4/c1-5-29(14-19-26-18-9-7-6-8-17(18)21(32)27-19)20(31)15-30-22(33)25(28-23(30)34)12-10-16(11-13-25)24(2,3)4/h6-9,16H,5,10-15H2,1-4H3,(H,28,34)(H,26,27,32). The second kappa shape index (κ2) is 8.85. The quantitative estimate of drug-likeness (QED) is 0.656. The molecule has 1 saturated carbocycles. The average molecular weight is 468 g/mol. The summed E-state index contributed by atoms with van der Waals surface area (Å²) in [5.74, 6) is 0.160. The van der Waals surface area contributed by atoms with Gasteiger partial charge in [-0.25, -0.2) is 9.78 Å². The SMILES string of the molecule is CCN(Cc1nc2ccccc2c(=O)[nH]1)C(=O)CN1C(=O)NC2(CCC(C(C)(C)C)CC2)C1=O. The first-order chi connectivity index (χ1) is 16.0. The number of nitrogens with zero attached hydrogens (tertiary/aromatic N) is 3. The van der Waals surface area contributed by atoms with Crippen molar-refractivity contribution in [3.8, 4) is 0 Å². The molecule has 2 aromatic rings. The average Bonchev–Trinajstić information content (AvgIpc) is 3.01. The van der Waals surface area contributed by atoms with E-state index < -0.39 is 11.6 Å². The molecule has 4 rings (SSSR count). The number of rotatable bonds is 5. The van der Waals surface area contributed by atoms with Crippen molar-refractivity contribution in [2.24, 2.45) is 11.3 Å². The van der Waals surface area contributed by atoms with Crippen LogP contribution in [0.5, 0.6) is 0 Å². The number of likely N-dealkylation sites (N-methyl/N-ethyl adjacent to an activating group) is 1. The van der Waals surface area contributed by atoms with Crippen molar-refractivity contribution in [1.82, 2.24) is 25.1 Å². The van der Waals surface area contributed by atoms with Crippen molar-refractivity contribution in [2.75, 3.05) is 13.1 Å². The van der Waals surface area contributed by atoms with Crippen LogP contribution in [0.1, 0.15) is 59.2 Å². The van der Waals surface area contributed by atoms with Gasteiger partial charge in [-0.1, -0.05) is 32.9 Å². The van der Waals surface area contributed by atoms with E-state index >= 15 is 0 Å². The maximum absolute atomic E-state index is 13.3. The molecule has 34 heavy (non-hydrogen) atoms. The number of para-hydroxylation sites is 1. The summed E-state index contributed by atoms with van der Waals surface area (Å²) in [6.45, 7) is 8.50. The van der Waals surface area contributed by atoms with E-state index in [4.69, 9.17) is 0 Å². The first kappa shape index (κ1) is 23.9. The summed E-state index contributed by atoms with van der Waals surface area (Å²) in [6, 6.07) is 6.48. The minimum atomic E-state index is -0.901. The van der Waals surface area contributed by atoms with Crippen LogP contribution in [0.25, 0.3) is 10.9 Å². The van der Waals surface area contributed by atoms with E-state index in [1.807, 2.05) is 0 Å². The lowest BCUT2D eigenvalue weighted by Gasteiger charge is -2.40. The number of hydrogen-bond acceptors (Lipinski definition) is 5. The summed E-state index contributed by atoms with van der Waals surface area (Å²) in [4.78, 5) is 61.1. The number of amides is 4. The minimum Gasteiger partial charge on any atom is -0.334 e. The summed E-state index contributed by atoms with van der Waals surface area (Å²) < 4.78 is 0. The Balaban J connectivity index is 1.45. The summed E-state index contributed by atoms with van der Waals surface area (Å²) in [5.41, 5.74) is -0.471. The molecule has 0 unspecified atom stereocenters. The van der Waals surface area contributed by atoms with Gasteiger partial charge < -0.3 is 15.2 Å². The molecule has 2 heterocycles. The molecule has 1 aliphatic heterocycles. The lowest BCUT2D eigenvalue weighted by molar-refractivity contribution is -0.140. The Morgan fingerprint density at radius 3 is 2.50 bits per heavy atom. The van der Waals surface area contributed by atoms with Crippen molar-refractivity contribution in [3.63, 3.8) is 0 Å². The predicted molar refractivity (Wildman–Crippen MR) is 128 cm³/mol. The molecule has 9 nitrogen and oxygen atoms in total. The van der Waals surface area contributed by atoms with Gasteiger partial charge in [-0.2, -0.15) is 0 Å². The van der Waals surface area contributed by atoms with Crippen LogP contribution in [-0.2, 0) is 16.1 Å². The molecular weight excluding hydrogens is 434 g/mol. The molecule has 1 aromatic heterocycles. The topological polar surface area (TPSA) is 115 Å². The number of fused-ring (bicyclic) bond motifs is 1. The normalized spacial score (nSPS) is 22.9. The molecule has 2 aliphatic rings. The molecule has 1 saturated heterocycles. The molecule has 9 heteroatoms. The predicted octanol–water partition coefficient (Wildman–Crippen LogP) is 2.80. The van der Waals surface area contributed by atoms with E-state index in [0.29, 0.717) is 42.0 Å². The summed E-state index contributed by atoms with van der Waals surface area (Å²) in [7, 11) is 0. The Labute approximate surface area is 198 Å². The monoisotopic (exact) mass is 467 g/mol. The van der Waals surface area contributed by atoms with E-state index in [9.17, 15) is 19.2 Å². The van der Waals surface area contributed by atoms with Gasteiger partial charge in [-0.15, -0.1) is 0 Å². The molecule has 1 spiro atoms. The molecular formula is C25H33N5O4. The smallest absolute Gasteiger partial charge is 0.325 e. The Kier molecular flexibility index (Phi) is 6.22. The Morgan fingerprint density at radius 1 is 1.18 bits per heavy atom. The maximum atomic E-state index is 13.3. The first-order valence-corrected chi connectivity index (χ1v) is 11.9. The van der Waals surface area contributed by atoms with Crippen LogP contribution in [-0.4, -0.2) is 56.2 Å². The highest BCUT2D eigenvalue weighted by Crippen LogP contribution is 2.43. The molecule has 0 atom stereocenters. The second-order valence-corrected chi connectivity index (χ2v) is 10.5. The Morgan fingerprint density at radius 2 is 1.85 bits per heavy atom. The molecule has 0 bridgehead atoms. The molecule has 182 valence electrons. The van der Waals surface area contributed by atoms with Crippen LogP contribution in [0, 0.1) is 11.3 Å². The first-order valence-electron chi connectivity index (χ1n) is 11.9. The molecule has 1 aliphatic carbocycles. The fourth-order valence-electron chi connectivity index (χ4n) is 5.14. The molecule has 4 amide bonds. The molecule has 0 radical (unpaired) electrons. The highest BCUT2D eigenvalue weighted by molar-refractivity contribution is 6.09. The minimum absolute atomic E-state index is 0.0808. The van der Waals surface area contributed by atoms with Gasteiger partial charge in [0.2, 0.25) is 5.91 Å². The van der Waals surface area contributed by atoms with Crippen LogP contribution in [0.2, 0.25) is 0 Å². The Hall–Kier alpha value is -3.23. The van der Waals surface area contributed by atoms with Crippen LogP contribution in [0.3, 0.4) is 0 Å². The summed E-state index contributed by atoms with van der Waals surface area (Å²) in [6.07, 6.45) is 2.90. The van der Waals surface area contributed by atoms with Crippen LogP contribution < -0.4 is 10.9 Å². The molecule has 2 N–H and O–H groups in total. The second-order valence-electron chi connectivity index (χ2n) is 10.5. The zero-order chi connectivity index (χ0) is 24.7. The number of nitrogens with one attached hydrogen (secondary N) is 2. The molecule has 2 fully saturated rings. The number of hydrogen-bond donors (Lipinski definition) is 2. The maximum Gasteiger partial charge on any atom is 0.325 e. The van der Waals surface area contributed by atoms with Crippen molar-refractivity contribution in [1.29, 1.82) is 0 Å². The van der Waals surface area contributed by atoms with Gasteiger partial charge in [-0.05, 0) is 56.1 Å². The highest BCUT2D eigenvalue weighted by Gasteiger charge is 2.53. The van der Waals surface area contributed by atoms with Gasteiger partial charge in [-0.3, -0.25) is 19.3 Å². The van der Waals surface area contributed by atoms with Crippen molar-refractivity contribution >= 4 is 28.7 Å². The van der Waals surface area contributed by atoms with E-state index in [1.54, 1.807) is 31.2 Å². The van der Waals surface area contributed by atoms with E-state index in [2.05, 4.69) is 36.1 Å². The zero-order valence-electron chi connectivity index (χ0n) is 20.3. The largest absolute Gasteiger partial charge is 0.334 e. The third-order valence-corrected chi connectivity index (χ3v) is 7.34. The van der Waals surface area contributed by atoms with Crippen molar-refractivity contribution < 1.29 is 14.4 Å². The molecule has 1 aromatic carbocycles. The van der Waals surface area contributed by atoms with Gasteiger partial charge in [0.25, 0.3) is 11.5 Å². The lowest BCUT2D eigenvalue weighted by Crippen LogP contribution is -2.51. The summed E-state index contributed by atoms with van der Waals surface area (Å²) >= 11 is 0. The van der Waals surface area contributed by atoms with Crippen LogP contribution >= 0.6 is 0 Å². The van der Waals surface area contributed by atoms with Crippen molar-refractivity contribution in [3.05, 3.63) is 40.4 Å². The number of carbonyl (C=O) groups is 3. The third kappa shape index (κ3) is 4.43. The number of aromatic amines is 1. The number of H-pyrrole nitrogens is 1. The van der Waals surface area contributed by atoms with E-state index in [1.165, 1.54) is 4.90 Å². The Bertz CT molecular complexity index is 1170. The fourth-order valence-corrected chi connectivity index (χ4v) is 5.14. The zero-order valence-corrected chi connectivity index (χ0v) is 20.3. The van der Waals surface area contributed by atoms with Crippen molar-refractivity contribution in [2.45, 2.75) is 65.5 Å². The summed E-state index contributed by atoms with van der Waals surface area (Å²) in [5, 5.41) is 3.37. The van der Waals surface area contributed by atoms with E-state index in [-0.39, 0.29) is 35.9 Å². The lowest BCUT2D eigenvalue weighted by atomic mass is 9.67. The van der Waals surface area contributed by atoms with Crippen LogP contribution in [0.15, 0.2) is 29.1 Å². The fraction of sp³-hybridized carbons (Fsp3) is 0.560. The number of carbonyl (C=O) groups excluding carboxylic acids is 3. The van der Waals surface area contributed by atoms with Crippen LogP contribution in [0.4, 0.5) is 4.79 Å². The number of aromatic nitrogens is 2. The highest BCUT2D eigenvalue weighted by atomic mass is 16.2. The van der Waals surface area contributed by atoms with Gasteiger partial charge in [0, 0.05) is 6.54 Å².